The van der Waals surface area contributed by atoms with E-state index in [2.05, 4.69) is 31.7 Å². The van der Waals surface area contributed by atoms with Crippen LogP contribution in [0.5, 0.6) is 0 Å². The van der Waals surface area contributed by atoms with Crippen LogP contribution < -0.4 is 11.3 Å². The molecule has 3 N–H and O–H groups in total. The van der Waals surface area contributed by atoms with Crippen LogP contribution in [0.4, 0.5) is 5.95 Å². The summed E-state index contributed by atoms with van der Waals surface area (Å²) in [6.45, 7) is 0.300. The highest BCUT2D eigenvalue weighted by molar-refractivity contribution is 5.58. The van der Waals surface area contributed by atoms with Crippen LogP contribution in [-0.4, -0.2) is 30.2 Å². The largest absolute Gasteiger partial charge is 0.464 e. The first-order valence-electron chi connectivity index (χ1n) is 10.5. The molecule has 0 saturated carbocycles. The Hall–Kier alpha value is -4.53. The summed E-state index contributed by atoms with van der Waals surface area (Å²) in [4.78, 5) is 17.3. The van der Waals surface area contributed by atoms with Gasteiger partial charge in [0.25, 0.3) is 5.56 Å². The van der Waals surface area contributed by atoms with Gasteiger partial charge in [-0.25, -0.2) is 4.98 Å². The van der Waals surface area contributed by atoms with E-state index in [-0.39, 0.29) is 11.5 Å². The first-order chi connectivity index (χ1) is 16.2. The van der Waals surface area contributed by atoms with Crippen molar-refractivity contribution in [1.29, 1.82) is 0 Å². The van der Waals surface area contributed by atoms with E-state index in [1.165, 1.54) is 4.57 Å². The first kappa shape index (κ1) is 20.4. The lowest BCUT2D eigenvalue weighted by Gasteiger charge is -2.11. The zero-order chi connectivity index (χ0) is 22.6. The highest BCUT2D eigenvalue weighted by Gasteiger charge is 2.10. The number of nitrogen functional groups attached to an aromatic ring is 1. The Morgan fingerprint density at radius 3 is 2.52 bits per heavy atom. The van der Waals surface area contributed by atoms with Gasteiger partial charge in [0.1, 0.15) is 5.76 Å². The molecule has 0 amide bonds. The van der Waals surface area contributed by atoms with Gasteiger partial charge in [-0.3, -0.25) is 9.36 Å². The minimum Gasteiger partial charge on any atom is -0.464 e. The molecule has 0 spiro atoms. The van der Waals surface area contributed by atoms with Crippen molar-refractivity contribution in [2.24, 2.45) is 0 Å². The summed E-state index contributed by atoms with van der Waals surface area (Å²) < 4.78 is 6.93. The maximum absolute atomic E-state index is 12.8. The molecule has 0 atom stereocenters. The van der Waals surface area contributed by atoms with E-state index in [9.17, 15) is 4.79 Å². The summed E-state index contributed by atoms with van der Waals surface area (Å²) in [7, 11) is 0. The number of benzene rings is 2. The topological polar surface area (TPSA) is 129 Å². The van der Waals surface area contributed by atoms with Crippen LogP contribution in [-0.2, 0) is 19.4 Å². The molecule has 0 radical (unpaired) electrons. The zero-order valence-corrected chi connectivity index (χ0v) is 17.7. The lowest BCUT2D eigenvalue weighted by atomic mass is 10.0. The number of rotatable bonds is 7. The molecule has 5 aromatic rings. The molecule has 0 aliphatic carbocycles. The molecule has 0 aliphatic rings. The number of aryl methyl sites for hydroxylation is 2. The monoisotopic (exact) mass is 439 g/mol. The molecule has 0 unspecified atom stereocenters. The van der Waals surface area contributed by atoms with Crippen molar-refractivity contribution >= 4 is 5.95 Å². The third kappa shape index (κ3) is 4.57. The van der Waals surface area contributed by atoms with Crippen LogP contribution in [0, 0.1) is 0 Å². The van der Waals surface area contributed by atoms with E-state index in [1.807, 2.05) is 54.6 Å². The van der Waals surface area contributed by atoms with Gasteiger partial charge in [-0.05, 0) is 53.4 Å². The third-order valence-electron chi connectivity index (χ3n) is 5.36. The second-order valence-corrected chi connectivity index (χ2v) is 7.64. The molecule has 9 heteroatoms. The van der Waals surface area contributed by atoms with Gasteiger partial charge in [0.15, 0.2) is 0 Å². The van der Waals surface area contributed by atoms with Crippen molar-refractivity contribution < 1.29 is 4.42 Å². The molecule has 33 heavy (non-hydrogen) atoms. The molecule has 5 rings (SSSR count). The smallest absolute Gasteiger partial charge is 0.255 e. The fraction of sp³-hybridized carbons (Fsp3) is 0.125. The first-order valence-corrected chi connectivity index (χ1v) is 10.5. The van der Waals surface area contributed by atoms with E-state index >= 15 is 0 Å². The summed E-state index contributed by atoms with van der Waals surface area (Å²) in [5.41, 5.74) is 10.5. The highest BCUT2D eigenvalue weighted by Crippen LogP contribution is 2.21. The van der Waals surface area contributed by atoms with E-state index in [1.54, 1.807) is 12.3 Å². The second-order valence-electron chi connectivity index (χ2n) is 7.64. The molecule has 3 heterocycles. The number of nitrogens with one attached hydrogen (secondary N) is 1. The van der Waals surface area contributed by atoms with Crippen molar-refractivity contribution in [2.45, 2.75) is 19.4 Å². The van der Waals surface area contributed by atoms with Crippen LogP contribution in [0.3, 0.4) is 0 Å². The molecule has 164 valence electrons. The summed E-state index contributed by atoms with van der Waals surface area (Å²) in [6.07, 6.45) is 3.00. The van der Waals surface area contributed by atoms with Crippen molar-refractivity contribution in [3.63, 3.8) is 0 Å². The average Bonchev–Trinajstić information content (AvgIpc) is 3.55. The van der Waals surface area contributed by atoms with Crippen molar-refractivity contribution in [3.05, 3.63) is 100 Å². The fourth-order valence-electron chi connectivity index (χ4n) is 3.73. The molecular formula is C24H21N7O2. The SMILES string of the molecule is Nc1nc(CCc2cccc(-c3ccco3)c2)cc(=O)n1Cc1cccc(-c2nn[nH]n2)c1. The predicted molar refractivity (Wildman–Crippen MR) is 123 cm³/mol. The average molecular weight is 439 g/mol. The lowest BCUT2D eigenvalue weighted by molar-refractivity contribution is 0.582. The number of hydrogen-bond acceptors (Lipinski definition) is 7. The summed E-state index contributed by atoms with van der Waals surface area (Å²) in [5, 5.41) is 14.0. The van der Waals surface area contributed by atoms with Crippen molar-refractivity contribution in [1.82, 2.24) is 30.2 Å². The lowest BCUT2D eigenvalue weighted by Crippen LogP contribution is -2.25. The summed E-state index contributed by atoms with van der Waals surface area (Å²) in [6, 6.07) is 21.0. The van der Waals surface area contributed by atoms with Gasteiger partial charge in [0, 0.05) is 17.2 Å². The fourth-order valence-corrected chi connectivity index (χ4v) is 3.73. The normalized spacial score (nSPS) is 11.0. The van der Waals surface area contributed by atoms with Gasteiger partial charge in [0.05, 0.1) is 18.5 Å². The van der Waals surface area contributed by atoms with Crippen LogP contribution >= 0.6 is 0 Å². The van der Waals surface area contributed by atoms with Gasteiger partial charge in [-0.1, -0.05) is 36.4 Å². The minimum absolute atomic E-state index is 0.187. The van der Waals surface area contributed by atoms with Gasteiger partial charge >= 0.3 is 0 Å². The quantitative estimate of drug-likeness (QED) is 0.399. The molecule has 9 nitrogen and oxygen atoms in total. The number of furan rings is 1. The Bertz CT molecular complexity index is 1420. The number of nitrogens with two attached hydrogens (primary N) is 1. The number of anilines is 1. The molecular weight excluding hydrogens is 418 g/mol. The third-order valence-corrected chi connectivity index (χ3v) is 5.36. The van der Waals surface area contributed by atoms with E-state index in [4.69, 9.17) is 10.2 Å². The maximum Gasteiger partial charge on any atom is 0.255 e. The van der Waals surface area contributed by atoms with Gasteiger partial charge in [-0.2, -0.15) is 5.21 Å². The maximum atomic E-state index is 12.8. The van der Waals surface area contributed by atoms with E-state index < -0.39 is 0 Å². The Kier molecular flexibility index (Phi) is 5.50. The Morgan fingerprint density at radius 2 is 1.76 bits per heavy atom. The standard InChI is InChI=1S/C24H21N7O2/c25-24-26-20(10-9-16-4-1-6-18(12-16)21-8-3-11-33-21)14-22(32)31(24)15-17-5-2-7-19(13-17)23-27-29-30-28-23/h1-8,11-14H,9-10,15H2,(H2,25,26)(H,27,28,29,30). The Labute approximate surface area is 188 Å². The predicted octanol–water partition coefficient (Wildman–Crippen LogP) is 3.10. The summed E-state index contributed by atoms with van der Waals surface area (Å²) >= 11 is 0. The van der Waals surface area contributed by atoms with E-state index in [0.29, 0.717) is 24.5 Å². The number of H-pyrrole nitrogens is 1. The van der Waals surface area contributed by atoms with Crippen LogP contribution in [0.1, 0.15) is 16.8 Å². The summed E-state index contributed by atoms with van der Waals surface area (Å²) in [5.74, 6) is 1.50. The van der Waals surface area contributed by atoms with Crippen LogP contribution in [0.15, 0.2) is 82.2 Å². The Balaban J connectivity index is 1.31. The van der Waals surface area contributed by atoms with Gasteiger partial charge in [-0.15, -0.1) is 10.2 Å². The van der Waals surface area contributed by atoms with Crippen LogP contribution in [0.25, 0.3) is 22.7 Å². The second kappa shape index (κ2) is 8.91. The number of aromatic amines is 1. The molecule has 3 aromatic heterocycles. The molecule has 2 aromatic carbocycles. The zero-order valence-electron chi connectivity index (χ0n) is 17.7. The van der Waals surface area contributed by atoms with Crippen LogP contribution in [0.2, 0.25) is 0 Å². The van der Waals surface area contributed by atoms with E-state index in [0.717, 1.165) is 34.4 Å². The van der Waals surface area contributed by atoms with Gasteiger partial charge < -0.3 is 10.2 Å². The number of nitrogens with zero attached hydrogens (tertiary/aromatic N) is 5. The Morgan fingerprint density at radius 1 is 0.939 bits per heavy atom. The molecule has 0 saturated heterocycles. The minimum atomic E-state index is -0.188. The molecule has 0 aliphatic heterocycles. The number of tetrazole rings is 1. The molecule has 0 fully saturated rings. The van der Waals surface area contributed by atoms with Crippen molar-refractivity contribution in [2.75, 3.05) is 5.73 Å². The highest BCUT2D eigenvalue weighted by atomic mass is 16.3. The van der Waals surface area contributed by atoms with Crippen molar-refractivity contribution in [3.8, 4) is 22.7 Å². The molecule has 0 bridgehead atoms. The van der Waals surface area contributed by atoms with Gasteiger partial charge in [0.2, 0.25) is 11.8 Å². The number of hydrogen-bond donors (Lipinski definition) is 2. The number of aromatic nitrogens is 6.